The predicted molar refractivity (Wildman–Crippen MR) is 53.2 cm³/mol. The number of aromatic nitrogens is 2. The molecule has 0 radical (unpaired) electrons. The Morgan fingerprint density at radius 2 is 2.33 bits per heavy atom. The van der Waals surface area contributed by atoms with Crippen molar-refractivity contribution in [1.82, 2.24) is 10.2 Å². The topological polar surface area (TPSA) is 84.1 Å². The van der Waals surface area contributed by atoms with Gasteiger partial charge in [-0.3, -0.25) is 14.7 Å². The predicted octanol–water partition coefficient (Wildman–Crippen LogP) is 0.474. The number of amides is 1. The van der Waals surface area contributed by atoms with Crippen LogP contribution in [0, 0.1) is 0 Å². The summed E-state index contributed by atoms with van der Waals surface area (Å²) in [5, 5.41) is 9.02. The van der Waals surface area contributed by atoms with Crippen molar-refractivity contribution in [3.05, 3.63) is 11.8 Å². The molecule has 15 heavy (non-hydrogen) atoms. The lowest BCUT2D eigenvalue weighted by Gasteiger charge is -2.02. The van der Waals surface area contributed by atoms with Crippen molar-refractivity contribution in [2.45, 2.75) is 19.8 Å². The highest BCUT2D eigenvalue weighted by Gasteiger charge is 2.12. The average Bonchev–Trinajstić information content (AvgIpc) is 2.64. The lowest BCUT2D eigenvalue weighted by atomic mass is 10.2. The summed E-state index contributed by atoms with van der Waals surface area (Å²) in [4.78, 5) is 22.1. The Morgan fingerprint density at radius 1 is 1.60 bits per heavy atom. The number of carbonyl (C=O) groups excluding carboxylic acids is 2. The summed E-state index contributed by atoms with van der Waals surface area (Å²) in [5.74, 6) is -0.531. The van der Waals surface area contributed by atoms with Crippen LogP contribution in [0.3, 0.4) is 0 Å². The SMILES string of the molecule is CCc1c[nH]nc1NC(=O)CC(=O)OC. The van der Waals surface area contributed by atoms with Gasteiger partial charge in [0.2, 0.25) is 5.91 Å². The summed E-state index contributed by atoms with van der Waals surface area (Å²) in [6.45, 7) is 1.95. The number of nitrogens with one attached hydrogen (secondary N) is 2. The molecule has 0 aromatic carbocycles. The van der Waals surface area contributed by atoms with Gasteiger partial charge in [0.05, 0.1) is 7.11 Å². The van der Waals surface area contributed by atoms with Gasteiger partial charge in [-0.15, -0.1) is 0 Å². The van der Waals surface area contributed by atoms with Gasteiger partial charge in [0.25, 0.3) is 0 Å². The molecule has 0 aliphatic heterocycles. The minimum absolute atomic E-state index is 0.299. The highest BCUT2D eigenvalue weighted by molar-refractivity contribution is 6.01. The van der Waals surface area contributed by atoms with Crippen LogP contribution in [0.15, 0.2) is 6.20 Å². The maximum atomic E-state index is 11.3. The van der Waals surface area contributed by atoms with E-state index in [4.69, 9.17) is 0 Å². The van der Waals surface area contributed by atoms with Crippen molar-refractivity contribution in [3.63, 3.8) is 0 Å². The largest absolute Gasteiger partial charge is 0.469 e. The Hall–Kier alpha value is -1.85. The fourth-order valence-corrected chi connectivity index (χ4v) is 1.07. The maximum absolute atomic E-state index is 11.3. The number of ether oxygens (including phenoxy) is 1. The number of rotatable bonds is 4. The van der Waals surface area contributed by atoms with Gasteiger partial charge < -0.3 is 10.1 Å². The van der Waals surface area contributed by atoms with Crippen LogP contribution in [0.4, 0.5) is 5.82 Å². The Bertz CT molecular complexity index is 359. The first-order valence-corrected chi connectivity index (χ1v) is 4.56. The van der Waals surface area contributed by atoms with E-state index in [9.17, 15) is 9.59 Å². The Labute approximate surface area is 87.0 Å². The number of hydrogen-bond donors (Lipinski definition) is 2. The molecule has 0 bridgehead atoms. The summed E-state index contributed by atoms with van der Waals surface area (Å²) >= 11 is 0. The van der Waals surface area contributed by atoms with Crippen LogP contribution in [0.25, 0.3) is 0 Å². The smallest absolute Gasteiger partial charge is 0.315 e. The number of methoxy groups -OCH3 is 1. The normalized spacial score (nSPS) is 9.73. The zero-order chi connectivity index (χ0) is 11.3. The molecule has 1 amide bonds. The molecule has 0 atom stereocenters. The van der Waals surface area contributed by atoms with Crippen LogP contribution in [0.2, 0.25) is 0 Å². The number of aryl methyl sites for hydroxylation is 1. The van der Waals surface area contributed by atoms with E-state index in [1.54, 1.807) is 6.20 Å². The van der Waals surface area contributed by atoms with Crippen LogP contribution in [-0.2, 0) is 20.7 Å². The van der Waals surface area contributed by atoms with Crippen LogP contribution in [-0.4, -0.2) is 29.2 Å². The molecule has 1 rings (SSSR count). The number of nitrogens with zero attached hydrogens (tertiary/aromatic N) is 1. The molecular weight excluding hydrogens is 198 g/mol. The van der Waals surface area contributed by atoms with Crippen molar-refractivity contribution < 1.29 is 14.3 Å². The molecule has 0 unspecified atom stereocenters. The summed E-state index contributed by atoms with van der Waals surface area (Å²) in [6, 6.07) is 0. The third-order valence-corrected chi connectivity index (χ3v) is 1.89. The van der Waals surface area contributed by atoms with E-state index in [0.717, 1.165) is 12.0 Å². The summed E-state index contributed by atoms with van der Waals surface area (Å²) in [6.07, 6.45) is 2.16. The molecule has 0 spiro atoms. The second kappa shape index (κ2) is 5.14. The highest BCUT2D eigenvalue weighted by atomic mass is 16.5. The molecular formula is C9H13N3O3. The van der Waals surface area contributed by atoms with Crippen molar-refractivity contribution >= 4 is 17.7 Å². The number of hydrogen-bond acceptors (Lipinski definition) is 4. The quantitative estimate of drug-likeness (QED) is 0.560. The number of aromatic amines is 1. The molecule has 0 aliphatic rings. The van der Waals surface area contributed by atoms with E-state index >= 15 is 0 Å². The fourth-order valence-electron chi connectivity index (χ4n) is 1.07. The summed E-state index contributed by atoms with van der Waals surface area (Å²) in [5.41, 5.74) is 0.896. The van der Waals surface area contributed by atoms with E-state index in [2.05, 4.69) is 20.3 Å². The van der Waals surface area contributed by atoms with Gasteiger partial charge in [-0.2, -0.15) is 5.10 Å². The molecule has 1 aromatic rings. The van der Waals surface area contributed by atoms with E-state index < -0.39 is 11.9 Å². The van der Waals surface area contributed by atoms with Gasteiger partial charge in [-0.1, -0.05) is 6.92 Å². The second-order valence-electron chi connectivity index (χ2n) is 2.91. The molecule has 0 saturated carbocycles. The first-order valence-electron chi connectivity index (χ1n) is 4.56. The third-order valence-electron chi connectivity index (χ3n) is 1.89. The minimum atomic E-state index is -0.568. The molecule has 0 aliphatic carbocycles. The van der Waals surface area contributed by atoms with Gasteiger partial charge in [0.15, 0.2) is 5.82 Å². The van der Waals surface area contributed by atoms with Crippen LogP contribution in [0.5, 0.6) is 0 Å². The monoisotopic (exact) mass is 211 g/mol. The van der Waals surface area contributed by atoms with Crippen molar-refractivity contribution in [1.29, 1.82) is 0 Å². The molecule has 0 fully saturated rings. The zero-order valence-electron chi connectivity index (χ0n) is 8.66. The van der Waals surface area contributed by atoms with Gasteiger partial charge in [-0.05, 0) is 6.42 Å². The van der Waals surface area contributed by atoms with Crippen LogP contribution in [0.1, 0.15) is 18.9 Å². The lowest BCUT2D eigenvalue weighted by Crippen LogP contribution is -2.18. The van der Waals surface area contributed by atoms with Gasteiger partial charge in [0.1, 0.15) is 6.42 Å². The Balaban J connectivity index is 2.55. The van der Waals surface area contributed by atoms with Gasteiger partial charge in [0, 0.05) is 11.8 Å². The maximum Gasteiger partial charge on any atom is 0.315 e. The number of carbonyl (C=O) groups is 2. The first-order chi connectivity index (χ1) is 7.17. The van der Waals surface area contributed by atoms with Crippen LogP contribution < -0.4 is 5.32 Å². The first kappa shape index (κ1) is 11.2. The van der Waals surface area contributed by atoms with Gasteiger partial charge in [-0.25, -0.2) is 0 Å². The fraction of sp³-hybridized carbons (Fsp3) is 0.444. The molecule has 6 heteroatoms. The molecule has 2 N–H and O–H groups in total. The Morgan fingerprint density at radius 3 is 2.93 bits per heavy atom. The van der Waals surface area contributed by atoms with Crippen molar-refractivity contribution in [2.24, 2.45) is 0 Å². The molecule has 1 heterocycles. The average molecular weight is 211 g/mol. The number of anilines is 1. The van der Waals surface area contributed by atoms with E-state index in [1.165, 1.54) is 7.11 Å². The molecule has 1 aromatic heterocycles. The third kappa shape index (κ3) is 3.08. The lowest BCUT2D eigenvalue weighted by molar-refractivity contribution is -0.142. The molecule has 0 saturated heterocycles. The summed E-state index contributed by atoms with van der Waals surface area (Å²) in [7, 11) is 1.24. The Kier molecular flexibility index (Phi) is 3.84. The molecule has 82 valence electrons. The second-order valence-corrected chi connectivity index (χ2v) is 2.91. The number of esters is 1. The minimum Gasteiger partial charge on any atom is -0.469 e. The van der Waals surface area contributed by atoms with Crippen molar-refractivity contribution in [3.8, 4) is 0 Å². The highest BCUT2D eigenvalue weighted by Crippen LogP contribution is 2.11. The van der Waals surface area contributed by atoms with E-state index in [1.807, 2.05) is 6.92 Å². The standard InChI is InChI=1S/C9H13N3O3/c1-3-6-5-10-12-9(6)11-7(13)4-8(14)15-2/h5H,3-4H2,1-2H3,(H2,10,11,12,13). The van der Waals surface area contributed by atoms with E-state index in [-0.39, 0.29) is 6.42 Å². The van der Waals surface area contributed by atoms with E-state index in [0.29, 0.717) is 5.82 Å². The zero-order valence-corrected chi connectivity index (χ0v) is 8.66. The van der Waals surface area contributed by atoms with Crippen LogP contribution >= 0.6 is 0 Å². The number of H-pyrrole nitrogens is 1. The molecule has 6 nitrogen and oxygen atoms in total. The summed E-state index contributed by atoms with van der Waals surface area (Å²) < 4.78 is 4.37. The van der Waals surface area contributed by atoms with Gasteiger partial charge >= 0.3 is 5.97 Å². The van der Waals surface area contributed by atoms with Crippen molar-refractivity contribution in [2.75, 3.05) is 12.4 Å².